The predicted molar refractivity (Wildman–Crippen MR) is 46.8 cm³/mol. The van der Waals surface area contributed by atoms with E-state index in [0.29, 0.717) is 0 Å². The molecule has 0 aromatic carbocycles. The van der Waals surface area contributed by atoms with E-state index in [9.17, 15) is 0 Å². The fourth-order valence-electron chi connectivity index (χ4n) is 1.32. The summed E-state index contributed by atoms with van der Waals surface area (Å²) in [4.78, 5) is 4.45. The fraction of sp³-hybridized carbons (Fsp3) is 0.625. The molecule has 1 aromatic heterocycles. The average Bonchev–Trinajstić information content (AvgIpc) is 2.70. The molecule has 3 heteroatoms. The number of hydrogen-bond acceptors (Lipinski definition) is 3. The van der Waals surface area contributed by atoms with Gasteiger partial charge in [-0.25, -0.2) is 4.98 Å². The van der Waals surface area contributed by atoms with Crippen LogP contribution in [0.3, 0.4) is 0 Å². The zero-order valence-electron chi connectivity index (χ0n) is 6.63. The van der Waals surface area contributed by atoms with Crippen LogP contribution < -0.4 is 5.73 Å². The van der Waals surface area contributed by atoms with E-state index in [1.165, 1.54) is 18.5 Å². The lowest BCUT2D eigenvalue weighted by molar-refractivity contribution is 0.682. The van der Waals surface area contributed by atoms with Crippen LogP contribution >= 0.6 is 11.3 Å². The standard InChI is InChI=1S/C8H12N2S/c1-6-10-7(4-11-6)8(5-9)2-3-8/h4H,2-3,5,9H2,1H3. The van der Waals surface area contributed by atoms with Gasteiger partial charge in [-0.3, -0.25) is 0 Å². The Labute approximate surface area is 70.5 Å². The molecule has 1 fully saturated rings. The topological polar surface area (TPSA) is 38.9 Å². The molecule has 1 aliphatic carbocycles. The Morgan fingerprint density at radius 1 is 1.73 bits per heavy atom. The van der Waals surface area contributed by atoms with Gasteiger partial charge in [-0.05, 0) is 19.8 Å². The molecular weight excluding hydrogens is 156 g/mol. The van der Waals surface area contributed by atoms with Gasteiger partial charge in [0, 0.05) is 17.3 Å². The second-order valence-corrected chi connectivity index (χ2v) is 4.30. The summed E-state index contributed by atoms with van der Waals surface area (Å²) in [5.41, 5.74) is 7.18. The third-order valence-corrected chi connectivity index (χ3v) is 3.18. The quantitative estimate of drug-likeness (QED) is 0.725. The van der Waals surface area contributed by atoms with E-state index >= 15 is 0 Å². The van der Waals surface area contributed by atoms with Crippen molar-refractivity contribution in [3.63, 3.8) is 0 Å². The van der Waals surface area contributed by atoms with Gasteiger partial charge >= 0.3 is 0 Å². The van der Waals surface area contributed by atoms with Crippen LogP contribution in [-0.4, -0.2) is 11.5 Å². The Hall–Kier alpha value is -0.410. The maximum Gasteiger partial charge on any atom is 0.0897 e. The highest BCUT2D eigenvalue weighted by molar-refractivity contribution is 7.09. The number of nitrogens with zero attached hydrogens (tertiary/aromatic N) is 1. The van der Waals surface area contributed by atoms with Crippen molar-refractivity contribution in [3.8, 4) is 0 Å². The van der Waals surface area contributed by atoms with Crippen molar-refractivity contribution < 1.29 is 0 Å². The lowest BCUT2D eigenvalue weighted by atomic mass is 10.1. The maximum absolute atomic E-state index is 5.67. The Morgan fingerprint density at radius 2 is 2.45 bits per heavy atom. The van der Waals surface area contributed by atoms with Crippen molar-refractivity contribution in [2.45, 2.75) is 25.2 Å². The van der Waals surface area contributed by atoms with Gasteiger partial charge in [-0.1, -0.05) is 0 Å². The van der Waals surface area contributed by atoms with Crippen LogP contribution in [0.2, 0.25) is 0 Å². The van der Waals surface area contributed by atoms with Crippen LogP contribution in [0.4, 0.5) is 0 Å². The van der Waals surface area contributed by atoms with Crippen molar-refractivity contribution in [2.24, 2.45) is 5.73 Å². The Balaban J connectivity index is 2.29. The largest absolute Gasteiger partial charge is 0.330 e. The van der Waals surface area contributed by atoms with Crippen LogP contribution in [0.1, 0.15) is 23.5 Å². The van der Waals surface area contributed by atoms with Crippen molar-refractivity contribution in [3.05, 3.63) is 16.1 Å². The van der Waals surface area contributed by atoms with Gasteiger partial charge in [0.25, 0.3) is 0 Å². The first-order valence-corrected chi connectivity index (χ1v) is 4.77. The molecule has 0 aliphatic heterocycles. The fourth-order valence-corrected chi connectivity index (χ4v) is 2.06. The maximum atomic E-state index is 5.67. The minimum Gasteiger partial charge on any atom is -0.330 e. The number of thiazole rings is 1. The van der Waals surface area contributed by atoms with Crippen LogP contribution in [-0.2, 0) is 5.41 Å². The second kappa shape index (κ2) is 2.29. The van der Waals surface area contributed by atoms with Gasteiger partial charge in [0.15, 0.2) is 0 Å². The minimum atomic E-state index is 0.282. The molecule has 60 valence electrons. The second-order valence-electron chi connectivity index (χ2n) is 3.24. The summed E-state index contributed by atoms with van der Waals surface area (Å²) in [6.45, 7) is 2.80. The summed E-state index contributed by atoms with van der Waals surface area (Å²) in [6, 6.07) is 0. The molecule has 1 aromatic rings. The highest BCUT2D eigenvalue weighted by atomic mass is 32.1. The molecule has 0 saturated heterocycles. The molecule has 1 saturated carbocycles. The molecule has 2 rings (SSSR count). The molecule has 11 heavy (non-hydrogen) atoms. The first-order chi connectivity index (χ1) is 5.27. The van der Waals surface area contributed by atoms with E-state index in [1.54, 1.807) is 11.3 Å². The lowest BCUT2D eigenvalue weighted by Gasteiger charge is -2.06. The smallest absolute Gasteiger partial charge is 0.0897 e. The number of aryl methyl sites for hydroxylation is 1. The van der Waals surface area contributed by atoms with Gasteiger partial charge in [-0.2, -0.15) is 0 Å². The summed E-state index contributed by atoms with van der Waals surface area (Å²) in [5.74, 6) is 0. The molecule has 0 bridgehead atoms. The van der Waals surface area contributed by atoms with Gasteiger partial charge in [0.1, 0.15) is 0 Å². The number of hydrogen-bond donors (Lipinski definition) is 1. The van der Waals surface area contributed by atoms with E-state index in [1.807, 2.05) is 6.92 Å². The van der Waals surface area contributed by atoms with Gasteiger partial charge in [0.05, 0.1) is 10.7 Å². The molecule has 1 aliphatic rings. The number of aromatic nitrogens is 1. The van der Waals surface area contributed by atoms with E-state index in [-0.39, 0.29) is 5.41 Å². The summed E-state index contributed by atoms with van der Waals surface area (Å²) < 4.78 is 0. The van der Waals surface area contributed by atoms with Crippen molar-refractivity contribution in [2.75, 3.05) is 6.54 Å². The third kappa shape index (κ3) is 1.08. The van der Waals surface area contributed by atoms with E-state index in [4.69, 9.17) is 5.73 Å². The zero-order valence-corrected chi connectivity index (χ0v) is 7.45. The monoisotopic (exact) mass is 168 g/mol. The third-order valence-electron chi connectivity index (χ3n) is 2.41. The van der Waals surface area contributed by atoms with Crippen molar-refractivity contribution in [1.29, 1.82) is 0 Å². The Bertz CT molecular complexity index is 263. The molecular formula is C8H12N2S. The molecule has 0 amide bonds. The molecule has 0 spiro atoms. The molecule has 0 radical (unpaired) electrons. The molecule has 0 atom stereocenters. The lowest BCUT2D eigenvalue weighted by Crippen LogP contribution is -2.19. The molecule has 1 heterocycles. The molecule has 0 unspecified atom stereocenters. The Kier molecular flexibility index (Phi) is 1.51. The van der Waals surface area contributed by atoms with Crippen molar-refractivity contribution in [1.82, 2.24) is 4.98 Å². The van der Waals surface area contributed by atoms with Crippen molar-refractivity contribution >= 4 is 11.3 Å². The molecule has 2 nitrogen and oxygen atoms in total. The normalized spacial score (nSPS) is 20.2. The Morgan fingerprint density at radius 3 is 2.82 bits per heavy atom. The summed E-state index contributed by atoms with van der Waals surface area (Å²) in [5, 5.41) is 3.30. The number of rotatable bonds is 2. The first kappa shape index (κ1) is 7.25. The summed E-state index contributed by atoms with van der Waals surface area (Å²) in [7, 11) is 0. The van der Waals surface area contributed by atoms with E-state index in [2.05, 4.69) is 10.4 Å². The minimum absolute atomic E-state index is 0.282. The first-order valence-electron chi connectivity index (χ1n) is 3.89. The predicted octanol–water partition coefficient (Wildman–Crippen LogP) is 1.44. The summed E-state index contributed by atoms with van der Waals surface area (Å²) >= 11 is 1.72. The van der Waals surface area contributed by atoms with Gasteiger partial charge in [-0.15, -0.1) is 11.3 Å². The van der Waals surface area contributed by atoms with Crippen LogP contribution in [0.15, 0.2) is 5.38 Å². The van der Waals surface area contributed by atoms with E-state index < -0.39 is 0 Å². The van der Waals surface area contributed by atoms with Crippen LogP contribution in [0.25, 0.3) is 0 Å². The van der Waals surface area contributed by atoms with Gasteiger partial charge < -0.3 is 5.73 Å². The van der Waals surface area contributed by atoms with Gasteiger partial charge in [0.2, 0.25) is 0 Å². The highest BCUT2D eigenvalue weighted by Gasteiger charge is 2.44. The zero-order chi connectivity index (χ0) is 7.90. The van der Waals surface area contributed by atoms with Crippen LogP contribution in [0.5, 0.6) is 0 Å². The average molecular weight is 168 g/mol. The summed E-state index contributed by atoms with van der Waals surface area (Å²) in [6.07, 6.45) is 2.46. The number of nitrogens with two attached hydrogens (primary N) is 1. The van der Waals surface area contributed by atoms with E-state index in [0.717, 1.165) is 11.6 Å². The SMILES string of the molecule is Cc1nc(C2(CN)CC2)cs1. The highest BCUT2D eigenvalue weighted by Crippen LogP contribution is 2.47. The van der Waals surface area contributed by atoms with Crippen LogP contribution in [0, 0.1) is 6.92 Å². The molecule has 2 N–H and O–H groups in total.